The zero-order valence-electron chi connectivity index (χ0n) is 10.9. The second-order valence-corrected chi connectivity index (χ2v) is 6.07. The molecule has 1 N–H and O–H groups in total. The lowest BCUT2D eigenvalue weighted by Crippen LogP contribution is -2.45. The molecule has 17 heavy (non-hydrogen) atoms. The summed E-state index contributed by atoms with van der Waals surface area (Å²) in [5.74, 6) is 1.79. The summed E-state index contributed by atoms with van der Waals surface area (Å²) in [4.78, 5) is 0. The number of nitrogens with one attached hydrogen (secondary N) is 1. The minimum absolute atomic E-state index is 0.749. The third kappa shape index (κ3) is 2.55. The first-order chi connectivity index (χ1) is 8.22. The van der Waals surface area contributed by atoms with E-state index >= 15 is 0 Å². The first-order valence-corrected chi connectivity index (χ1v) is 7.05. The van der Waals surface area contributed by atoms with Crippen molar-refractivity contribution in [2.24, 2.45) is 5.92 Å². The molecule has 2 saturated carbocycles. The van der Waals surface area contributed by atoms with Crippen LogP contribution < -0.4 is 5.32 Å². The van der Waals surface area contributed by atoms with Gasteiger partial charge in [-0.3, -0.25) is 0 Å². The van der Waals surface area contributed by atoms with E-state index in [0.717, 1.165) is 23.9 Å². The lowest BCUT2D eigenvalue weighted by Gasteiger charge is -2.38. The fourth-order valence-corrected chi connectivity index (χ4v) is 2.97. The molecule has 0 amide bonds. The Morgan fingerprint density at radius 1 is 1.12 bits per heavy atom. The molecule has 2 fully saturated rings. The van der Waals surface area contributed by atoms with E-state index in [1.54, 1.807) is 0 Å². The summed E-state index contributed by atoms with van der Waals surface area (Å²) in [7, 11) is 0. The zero-order chi connectivity index (χ0) is 11.8. The van der Waals surface area contributed by atoms with Crippen molar-refractivity contribution in [3.05, 3.63) is 35.4 Å². The van der Waals surface area contributed by atoms with Crippen LogP contribution in [0.15, 0.2) is 24.3 Å². The Hall–Kier alpha value is -0.820. The van der Waals surface area contributed by atoms with E-state index in [1.807, 2.05) is 0 Å². The Labute approximate surface area is 105 Å². The standard InChI is InChI=1S/C16H23N/c1-11-3-5-14(6-4-11)15-9-16(10-15)17-12(2)13-7-8-13/h3-6,12-13,15-17H,7-10H2,1-2H3. The van der Waals surface area contributed by atoms with Crippen molar-refractivity contribution in [2.45, 2.75) is 57.5 Å². The third-order valence-electron chi connectivity index (χ3n) is 4.51. The Morgan fingerprint density at radius 2 is 1.76 bits per heavy atom. The minimum atomic E-state index is 0.749. The molecule has 0 radical (unpaired) electrons. The first kappa shape index (κ1) is 11.3. The van der Waals surface area contributed by atoms with Crippen LogP contribution in [0, 0.1) is 12.8 Å². The van der Waals surface area contributed by atoms with E-state index in [9.17, 15) is 0 Å². The lowest BCUT2D eigenvalue weighted by atomic mass is 9.75. The van der Waals surface area contributed by atoms with Gasteiger partial charge in [-0.2, -0.15) is 0 Å². The third-order valence-corrected chi connectivity index (χ3v) is 4.51. The van der Waals surface area contributed by atoms with E-state index in [0.29, 0.717) is 0 Å². The largest absolute Gasteiger partial charge is 0.311 e. The van der Waals surface area contributed by atoms with Gasteiger partial charge >= 0.3 is 0 Å². The Morgan fingerprint density at radius 3 is 2.35 bits per heavy atom. The van der Waals surface area contributed by atoms with Gasteiger partial charge in [0.2, 0.25) is 0 Å². The number of rotatable bonds is 4. The van der Waals surface area contributed by atoms with Crippen LogP contribution in [-0.4, -0.2) is 12.1 Å². The lowest BCUT2D eigenvalue weighted by molar-refractivity contribution is 0.261. The second-order valence-electron chi connectivity index (χ2n) is 6.07. The maximum absolute atomic E-state index is 3.79. The first-order valence-electron chi connectivity index (χ1n) is 7.05. The molecular weight excluding hydrogens is 206 g/mol. The highest BCUT2D eigenvalue weighted by Crippen LogP contribution is 2.39. The summed E-state index contributed by atoms with van der Waals surface area (Å²) in [5.41, 5.74) is 2.90. The summed E-state index contributed by atoms with van der Waals surface area (Å²) in [5, 5.41) is 3.79. The molecule has 0 saturated heterocycles. The van der Waals surface area contributed by atoms with Crippen molar-refractivity contribution in [2.75, 3.05) is 0 Å². The smallest absolute Gasteiger partial charge is 0.00813 e. The van der Waals surface area contributed by atoms with Crippen LogP contribution in [-0.2, 0) is 0 Å². The Kier molecular flexibility index (Phi) is 2.96. The minimum Gasteiger partial charge on any atom is -0.311 e. The van der Waals surface area contributed by atoms with E-state index in [2.05, 4.69) is 43.4 Å². The van der Waals surface area contributed by atoms with Crippen LogP contribution in [0.25, 0.3) is 0 Å². The zero-order valence-corrected chi connectivity index (χ0v) is 10.9. The van der Waals surface area contributed by atoms with Crippen LogP contribution in [0.1, 0.15) is 49.7 Å². The Balaban J connectivity index is 1.48. The molecule has 1 aromatic carbocycles. The van der Waals surface area contributed by atoms with Crippen molar-refractivity contribution in [1.29, 1.82) is 0 Å². The number of hydrogen-bond acceptors (Lipinski definition) is 1. The van der Waals surface area contributed by atoms with Crippen LogP contribution in [0.3, 0.4) is 0 Å². The SMILES string of the molecule is Cc1ccc(C2CC(NC(C)C3CC3)C2)cc1. The predicted octanol–water partition coefficient (Wildman–Crippen LogP) is 3.63. The molecule has 92 valence electrons. The van der Waals surface area contributed by atoms with Gasteiger partial charge < -0.3 is 5.32 Å². The van der Waals surface area contributed by atoms with Gasteiger partial charge in [-0.1, -0.05) is 29.8 Å². The van der Waals surface area contributed by atoms with E-state index in [1.165, 1.54) is 36.8 Å². The molecule has 0 bridgehead atoms. The maximum Gasteiger partial charge on any atom is 0.00813 e. The fourth-order valence-electron chi connectivity index (χ4n) is 2.97. The molecular formula is C16H23N. The van der Waals surface area contributed by atoms with Crippen molar-refractivity contribution in [3.63, 3.8) is 0 Å². The van der Waals surface area contributed by atoms with E-state index in [-0.39, 0.29) is 0 Å². The van der Waals surface area contributed by atoms with Gasteiger partial charge in [0.05, 0.1) is 0 Å². The van der Waals surface area contributed by atoms with Gasteiger partial charge in [-0.05, 0) is 56.9 Å². The van der Waals surface area contributed by atoms with Crippen LogP contribution in [0.2, 0.25) is 0 Å². The number of aryl methyl sites for hydroxylation is 1. The highest BCUT2D eigenvalue weighted by Gasteiger charge is 2.34. The molecule has 1 heteroatoms. The Bertz CT molecular complexity index is 371. The number of benzene rings is 1. The quantitative estimate of drug-likeness (QED) is 0.831. The molecule has 2 aliphatic carbocycles. The molecule has 1 atom stereocenters. The molecule has 0 spiro atoms. The van der Waals surface area contributed by atoms with Gasteiger partial charge in [0.25, 0.3) is 0 Å². The maximum atomic E-state index is 3.79. The van der Waals surface area contributed by atoms with Crippen LogP contribution >= 0.6 is 0 Å². The second kappa shape index (κ2) is 4.45. The molecule has 0 aromatic heterocycles. The number of hydrogen-bond donors (Lipinski definition) is 1. The van der Waals surface area contributed by atoms with Crippen molar-refractivity contribution < 1.29 is 0 Å². The van der Waals surface area contributed by atoms with Gasteiger partial charge in [-0.15, -0.1) is 0 Å². The average molecular weight is 229 g/mol. The summed E-state index contributed by atoms with van der Waals surface area (Å²) >= 11 is 0. The summed E-state index contributed by atoms with van der Waals surface area (Å²) in [6, 6.07) is 10.6. The fraction of sp³-hybridized carbons (Fsp3) is 0.625. The molecule has 0 heterocycles. The summed E-state index contributed by atoms with van der Waals surface area (Å²) in [6.07, 6.45) is 5.56. The van der Waals surface area contributed by atoms with Crippen molar-refractivity contribution in [3.8, 4) is 0 Å². The highest BCUT2D eigenvalue weighted by molar-refractivity contribution is 5.26. The average Bonchev–Trinajstić information content (AvgIpc) is 3.08. The van der Waals surface area contributed by atoms with Crippen LogP contribution in [0.4, 0.5) is 0 Å². The predicted molar refractivity (Wildman–Crippen MR) is 72.3 cm³/mol. The highest BCUT2D eigenvalue weighted by atomic mass is 15.0. The molecule has 1 nitrogen and oxygen atoms in total. The monoisotopic (exact) mass is 229 g/mol. The van der Waals surface area contributed by atoms with E-state index in [4.69, 9.17) is 0 Å². The van der Waals surface area contributed by atoms with Gasteiger partial charge in [0.15, 0.2) is 0 Å². The molecule has 0 aliphatic heterocycles. The molecule has 1 unspecified atom stereocenters. The topological polar surface area (TPSA) is 12.0 Å². The van der Waals surface area contributed by atoms with Gasteiger partial charge in [0, 0.05) is 12.1 Å². The van der Waals surface area contributed by atoms with Gasteiger partial charge in [0.1, 0.15) is 0 Å². The summed E-state index contributed by atoms with van der Waals surface area (Å²) < 4.78 is 0. The van der Waals surface area contributed by atoms with Crippen LogP contribution in [0.5, 0.6) is 0 Å². The molecule has 2 aliphatic rings. The van der Waals surface area contributed by atoms with Crippen molar-refractivity contribution >= 4 is 0 Å². The van der Waals surface area contributed by atoms with E-state index < -0.39 is 0 Å². The molecule has 3 rings (SSSR count). The molecule has 1 aromatic rings. The summed E-state index contributed by atoms with van der Waals surface area (Å²) in [6.45, 7) is 4.52. The van der Waals surface area contributed by atoms with Gasteiger partial charge in [-0.25, -0.2) is 0 Å². The van der Waals surface area contributed by atoms with Crippen molar-refractivity contribution in [1.82, 2.24) is 5.32 Å². The normalized spacial score (nSPS) is 29.8.